The smallest absolute Gasteiger partial charge is 0.354 e. The molecule has 0 saturated carbocycles. The van der Waals surface area contributed by atoms with E-state index >= 15 is 0 Å². The summed E-state index contributed by atoms with van der Waals surface area (Å²) in [5.74, 6) is -0.270. The van der Waals surface area contributed by atoms with Crippen molar-refractivity contribution in [2.75, 3.05) is 23.7 Å². The molecular formula is C22H25N9O2. The number of carbonyl (C=O) groups is 1. The molecule has 0 amide bonds. The molecule has 1 unspecified atom stereocenters. The molecular weight excluding hydrogens is 422 g/mol. The molecule has 0 radical (unpaired) electrons. The number of fused-ring (bicyclic) bond motifs is 1. The highest BCUT2D eigenvalue weighted by Crippen LogP contribution is 2.33. The Bertz CT molecular complexity index is 1370. The molecule has 11 heteroatoms. The van der Waals surface area contributed by atoms with Crippen molar-refractivity contribution in [2.24, 2.45) is 19.8 Å². The summed E-state index contributed by atoms with van der Waals surface area (Å²) < 4.78 is 3.26. The summed E-state index contributed by atoms with van der Waals surface area (Å²) in [6.45, 7) is 1.74. The van der Waals surface area contributed by atoms with E-state index in [0.29, 0.717) is 22.9 Å². The molecule has 1 fully saturated rings. The van der Waals surface area contributed by atoms with Gasteiger partial charge >= 0.3 is 5.97 Å². The lowest BCUT2D eigenvalue weighted by atomic mass is 10.1. The van der Waals surface area contributed by atoms with E-state index in [1.165, 1.54) is 16.9 Å². The fourth-order valence-electron chi connectivity index (χ4n) is 4.42. The van der Waals surface area contributed by atoms with Crippen LogP contribution in [0, 0.1) is 0 Å². The van der Waals surface area contributed by atoms with E-state index in [4.69, 9.17) is 16.5 Å². The van der Waals surface area contributed by atoms with Crippen molar-refractivity contribution in [1.82, 2.24) is 29.3 Å². The number of nitrogens with zero attached hydrogens (tertiary/aromatic N) is 7. The standard InChI is InChI=1S/C22H25N9O2/c1-29-19-13(6-3-7-16(19)31-8-4-5-12(23)11-31)27-21(29)18-20(24)25-10-15(26-18)14-9-17(22(32)33)30(2)28-14/h3,6-7,9-10,12H,4-5,8,11,23H2,1-2H3,(H2,24,25)(H,32,33). The zero-order chi connectivity index (χ0) is 23.3. The van der Waals surface area contributed by atoms with Crippen LogP contribution in [0.2, 0.25) is 0 Å². The highest BCUT2D eigenvalue weighted by atomic mass is 16.4. The van der Waals surface area contributed by atoms with Gasteiger partial charge in [0.05, 0.1) is 22.9 Å². The highest BCUT2D eigenvalue weighted by Gasteiger charge is 2.23. The number of imidazole rings is 1. The van der Waals surface area contributed by atoms with Gasteiger partial charge in [-0.2, -0.15) is 5.10 Å². The van der Waals surface area contributed by atoms with E-state index in [2.05, 4.69) is 26.0 Å². The Morgan fingerprint density at radius 2 is 2.03 bits per heavy atom. The number of hydrogen-bond acceptors (Lipinski definition) is 8. The largest absolute Gasteiger partial charge is 0.477 e. The van der Waals surface area contributed by atoms with Gasteiger partial charge in [-0.3, -0.25) is 4.68 Å². The minimum Gasteiger partial charge on any atom is -0.477 e. The van der Waals surface area contributed by atoms with Crippen molar-refractivity contribution in [1.29, 1.82) is 0 Å². The quantitative estimate of drug-likeness (QED) is 0.423. The molecule has 1 aromatic carbocycles. The molecule has 5 N–H and O–H groups in total. The third-order valence-corrected chi connectivity index (χ3v) is 6.05. The number of hydrogen-bond donors (Lipinski definition) is 3. The lowest BCUT2D eigenvalue weighted by Gasteiger charge is -2.33. The number of aryl methyl sites for hydroxylation is 2. The SMILES string of the molecule is Cn1nc(-c2cnc(N)c(-c3nc4cccc(N5CCCC(N)C5)c4n3C)n2)cc1C(=O)O. The molecule has 1 atom stereocenters. The van der Waals surface area contributed by atoms with Gasteiger partial charge in [-0.05, 0) is 25.0 Å². The summed E-state index contributed by atoms with van der Waals surface area (Å²) in [6.07, 6.45) is 3.56. The normalized spacial score (nSPS) is 16.5. The third kappa shape index (κ3) is 3.55. The zero-order valence-electron chi connectivity index (χ0n) is 18.4. The highest BCUT2D eigenvalue weighted by molar-refractivity contribution is 5.92. The molecule has 1 aliphatic heterocycles. The number of aromatic carboxylic acids is 1. The average Bonchev–Trinajstić information content (AvgIpc) is 3.34. The van der Waals surface area contributed by atoms with Crippen molar-refractivity contribution >= 4 is 28.5 Å². The summed E-state index contributed by atoms with van der Waals surface area (Å²) in [4.78, 5) is 27.5. The minimum absolute atomic E-state index is 0.0530. The monoisotopic (exact) mass is 447 g/mol. The Hall–Kier alpha value is -3.99. The number of carboxylic acids is 1. The number of nitrogen functional groups attached to an aromatic ring is 1. The van der Waals surface area contributed by atoms with Gasteiger partial charge in [0.1, 0.15) is 22.8 Å². The number of benzene rings is 1. The van der Waals surface area contributed by atoms with E-state index in [1.54, 1.807) is 7.05 Å². The second-order valence-electron chi connectivity index (χ2n) is 8.32. The van der Waals surface area contributed by atoms with Crippen molar-refractivity contribution in [3.05, 3.63) is 36.2 Å². The molecule has 0 aliphatic carbocycles. The molecule has 0 bridgehead atoms. The fraction of sp³-hybridized carbons (Fsp3) is 0.318. The first-order valence-corrected chi connectivity index (χ1v) is 10.7. The maximum atomic E-state index is 11.4. The number of anilines is 2. The molecule has 1 aliphatic rings. The lowest BCUT2D eigenvalue weighted by Crippen LogP contribution is -2.43. The van der Waals surface area contributed by atoms with Crippen molar-refractivity contribution < 1.29 is 9.90 Å². The van der Waals surface area contributed by atoms with Crippen molar-refractivity contribution in [3.8, 4) is 22.9 Å². The number of nitrogens with two attached hydrogens (primary N) is 2. The van der Waals surface area contributed by atoms with Crippen LogP contribution in [0.5, 0.6) is 0 Å². The number of rotatable bonds is 4. The van der Waals surface area contributed by atoms with Gasteiger partial charge in [0.25, 0.3) is 0 Å². The fourth-order valence-corrected chi connectivity index (χ4v) is 4.42. The van der Waals surface area contributed by atoms with Crippen molar-refractivity contribution in [3.63, 3.8) is 0 Å². The number of para-hydroxylation sites is 1. The first-order chi connectivity index (χ1) is 15.8. The molecule has 1 saturated heterocycles. The molecule has 5 rings (SSSR count). The molecule has 33 heavy (non-hydrogen) atoms. The number of aromatic nitrogens is 6. The van der Waals surface area contributed by atoms with Crippen LogP contribution < -0.4 is 16.4 Å². The van der Waals surface area contributed by atoms with Gasteiger partial charge in [-0.1, -0.05) is 6.07 Å². The van der Waals surface area contributed by atoms with E-state index in [1.807, 2.05) is 23.7 Å². The predicted molar refractivity (Wildman–Crippen MR) is 125 cm³/mol. The Morgan fingerprint density at radius 1 is 1.21 bits per heavy atom. The topological polar surface area (TPSA) is 154 Å². The maximum Gasteiger partial charge on any atom is 0.354 e. The van der Waals surface area contributed by atoms with E-state index in [-0.39, 0.29) is 17.6 Å². The lowest BCUT2D eigenvalue weighted by molar-refractivity contribution is 0.0685. The Balaban J connectivity index is 1.62. The predicted octanol–water partition coefficient (Wildman–Crippen LogP) is 1.64. The number of carboxylic acid groups (broad SMARTS) is 1. The molecule has 4 heterocycles. The molecule has 3 aromatic heterocycles. The van der Waals surface area contributed by atoms with Crippen LogP contribution in [0.1, 0.15) is 23.3 Å². The van der Waals surface area contributed by atoms with Crippen LogP contribution in [0.25, 0.3) is 33.9 Å². The summed E-state index contributed by atoms with van der Waals surface area (Å²) >= 11 is 0. The molecule has 4 aromatic rings. The Morgan fingerprint density at radius 3 is 2.76 bits per heavy atom. The summed E-state index contributed by atoms with van der Waals surface area (Å²) in [7, 11) is 3.49. The van der Waals surface area contributed by atoms with Crippen LogP contribution in [-0.2, 0) is 14.1 Å². The van der Waals surface area contributed by atoms with Crippen molar-refractivity contribution in [2.45, 2.75) is 18.9 Å². The first-order valence-electron chi connectivity index (χ1n) is 10.7. The second-order valence-corrected chi connectivity index (χ2v) is 8.32. The van der Waals surface area contributed by atoms with Gasteiger partial charge in [0.2, 0.25) is 0 Å². The molecule has 170 valence electrons. The van der Waals surface area contributed by atoms with E-state index in [9.17, 15) is 9.90 Å². The number of piperidine rings is 1. The van der Waals surface area contributed by atoms with Gasteiger partial charge in [-0.25, -0.2) is 19.7 Å². The van der Waals surface area contributed by atoms with Gasteiger partial charge in [0.15, 0.2) is 11.6 Å². The van der Waals surface area contributed by atoms with Crippen LogP contribution >= 0.6 is 0 Å². The third-order valence-electron chi connectivity index (χ3n) is 6.05. The van der Waals surface area contributed by atoms with Gasteiger partial charge in [-0.15, -0.1) is 0 Å². The van der Waals surface area contributed by atoms with Crippen LogP contribution in [0.4, 0.5) is 11.5 Å². The Kier molecular flexibility index (Phi) is 4.97. The van der Waals surface area contributed by atoms with Gasteiger partial charge < -0.3 is 26.0 Å². The minimum atomic E-state index is -1.07. The summed E-state index contributed by atoms with van der Waals surface area (Å²) in [5.41, 5.74) is 16.6. The van der Waals surface area contributed by atoms with Crippen LogP contribution in [-0.4, -0.2) is 59.5 Å². The summed E-state index contributed by atoms with van der Waals surface area (Å²) in [5, 5.41) is 13.6. The van der Waals surface area contributed by atoms with E-state index < -0.39 is 5.97 Å². The Labute approximate surface area is 189 Å². The zero-order valence-corrected chi connectivity index (χ0v) is 18.4. The average molecular weight is 448 g/mol. The first kappa shape index (κ1) is 20.9. The molecule has 0 spiro atoms. The summed E-state index contributed by atoms with van der Waals surface area (Å²) in [6, 6.07) is 7.63. The van der Waals surface area contributed by atoms with Crippen LogP contribution in [0.15, 0.2) is 30.5 Å². The molecule has 11 nitrogen and oxygen atoms in total. The van der Waals surface area contributed by atoms with E-state index in [0.717, 1.165) is 42.7 Å². The maximum absolute atomic E-state index is 11.4. The van der Waals surface area contributed by atoms with Gasteiger partial charge in [0, 0.05) is 39.3 Å². The van der Waals surface area contributed by atoms with Crippen LogP contribution in [0.3, 0.4) is 0 Å². The second kappa shape index (κ2) is 7.85.